The van der Waals surface area contributed by atoms with Crippen LogP contribution in [0.15, 0.2) is 36.4 Å². The smallest absolute Gasteiger partial charge is 0.108 e. The Kier molecular flexibility index (Phi) is 4.04. The molecule has 0 amide bonds. The monoisotopic (exact) mass is 296 g/mol. The Hall–Kier alpha value is -1.71. The van der Waals surface area contributed by atoms with Crippen molar-refractivity contribution in [2.45, 2.75) is 33.9 Å². The van der Waals surface area contributed by atoms with E-state index in [1.807, 2.05) is 6.07 Å². The lowest BCUT2D eigenvalue weighted by Gasteiger charge is -2.10. The maximum atomic E-state index is 4.65. The number of aryl methyl sites for hydroxylation is 3. The van der Waals surface area contributed by atoms with Gasteiger partial charge in [0.15, 0.2) is 0 Å². The Morgan fingerprint density at radius 1 is 0.952 bits per heavy atom. The summed E-state index contributed by atoms with van der Waals surface area (Å²) in [5, 5.41) is 4.66. The molecule has 3 heteroatoms. The van der Waals surface area contributed by atoms with Crippen LogP contribution in [-0.4, -0.2) is 4.98 Å². The molecule has 0 spiro atoms. The molecule has 1 heterocycles. The van der Waals surface area contributed by atoms with Crippen molar-refractivity contribution in [2.75, 3.05) is 0 Å². The normalized spacial score (nSPS) is 11.2. The van der Waals surface area contributed by atoms with Gasteiger partial charge in [0.2, 0.25) is 0 Å². The van der Waals surface area contributed by atoms with Gasteiger partial charge in [0.1, 0.15) is 5.01 Å². The van der Waals surface area contributed by atoms with Gasteiger partial charge in [-0.2, -0.15) is 0 Å². The van der Waals surface area contributed by atoms with E-state index in [4.69, 9.17) is 0 Å². The zero-order valence-electron chi connectivity index (χ0n) is 12.7. The van der Waals surface area contributed by atoms with Crippen molar-refractivity contribution < 1.29 is 0 Å². The van der Waals surface area contributed by atoms with Crippen molar-refractivity contribution in [3.05, 3.63) is 63.7 Å². The van der Waals surface area contributed by atoms with Crippen molar-refractivity contribution in [1.82, 2.24) is 10.3 Å². The zero-order valence-corrected chi connectivity index (χ0v) is 13.6. The van der Waals surface area contributed by atoms with Gasteiger partial charge in [0.25, 0.3) is 0 Å². The molecule has 0 saturated heterocycles. The molecule has 2 aromatic carbocycles. The number of nitrogens with zero attached hydrogens (tertiary/aromatic N) is 1. The van der Waals surface area contributed by atoms with Crippen LogP contribution in [0.1, 0.15) is 27.3 Å². The lowest BCUT2D eigenvalue weighted by Crippen LogP contribution is -2.13. The second kappa shape index (κ2) is 5.96. The zero-order chi connectivity index (χ0) is 14.8. The number of nitrogens with one attached hydrogen (secondary N) is 1. The number of fused-ring (bicyclic) bond motifs is 1. The Bertz CT molecular complexity index is 741. The van der Waals surface area contributed by atoms with Crippen LogP contribution in [0, 0.1) is 20.8 Å². The number of hydrogen-bond donors (Lipinski definition) is 1. The van der Waals surface area contributed by atoms with E-state index in [1.165, 1.54) is 27.0 Å². The van der Waals surface area contributed by atoms with Gasteiger partial charge >= 0.3 is 0 Å². The molecule has 1 N–H and O–H groups in total. The van der Waals surface area contributed by atoms with Gasteiger partial charge in [-0.25, -0.2) is 4.98 Å². The van der Waals surface area contributed by atoms with Crippen LogP contribution in [-0.2, 0) is 13.1 Å². The highest BCUT2D eigenvalue weighted by atomic mass is 32.1. The molecule has 108 valence electrons. The first-order valence-corrected chi connectivity index (χ1v) is 8.07. The third-order valence-corrected chi connectivity index (χ3v) is 4.92. The Labute approximate surface area is 129 Å². The Morgan fingerprint density at radius 2 is 1.71 bits per heavy atom. The van der Waals surface area contributed by atoms with Crippen molar-refractivity contribution in [3.8, 4) is 0 Å². The summed E-state index contributed by atoms with van der Waals surface area (Å²) >= 11 is 1.77. The average molecular weight is 296 g/mol. The van der Waals surface area contributed by atoms with Crippen LogP contribution in [0.4, 0.5) is 0 Å². The second-order valence-corrected chi connectivity index (χ2v) is 6.66. The van der Waals surface area contributed by atoms with Gasteiger partial charge in [-0.1, -0.05) is 24.3 Å². The van der Waals surface area contributed by atoms with Crippen molar-refractivity contribution in [3.63, 3.8) is 0 Å². The molecule has 3 rings (SSSR count). The number of aromatic nitrogens is 1. The number of thiazole rings is 1. The lowest BCUT2D eigenvalue weighted by atomic mass is 10.0. The maximum Gasteiger partial charge on any atom is 0.108 e. The summed E-state index contributed by atoms with van der Waals surface area (Å²) in [4.78, 5) is 4.65. The largest absolute Gasteiger partial charge is 0.306 e. The van der Waals surface area contributed by atoms with Crippen molar-refractivity contribution in [2.24, 2.45) is 0 Å². The SMILES string of the molecule is Cc1cc(C)c(CNCc2nc3ccccc3s2)cc1C. The molecule has 0 fully saturated rings. The third kappa shape index (κ3) is 3.14. The molecule has 21 heavy (non-hydrogen) atoms. The van der Waals surface area contributed by atoms with Crippen LogP contribution in [0.5, 0.6) is 0 Å². The third-order valence-electron chi connectivity index (χ3n) is 3.88. The molecule has 1 aromatic heterocycles. The standard InChI is InChI=1S/C18H20N2S/c1-12-8-14(3)15(9-13(12)2)10-19-11-18-20-16-6-4-5-7-17(16)21-18/h4-9,19H,10-11H2,1-3H3. The number of hydrogen-bond acceptors (Lipinski definition) is 3. The molecule has 0 radical (unpaired) electrons. The summed E-state index contributed by atoms with van der Waals surface area (Å²) in [5.41, 5.74) is 6.55. The first-order chi connectivity index (χ1) is 10.1. The molecule has 0 bridgehead atoms. The van der Waals surface area contributed by atoms with Gasteiger partial charge in [0.05, 0.1) is 10.2 Å². The van der Waals surface area contributed by atoms with Gasteiger partial charge < -0.3 is 5.32 Å². The summed E-state index contributed by atoms with van der Waals surface area (Å²) in [6.07, 6.45) is 0. The molecule has 0 aliphatic rings. The van der Waals surface area contributed by atoms with Crippen LogP contribution in [0.3, 0.4) is 0 Å². The average Bonchev–Trinajstić information content (AvgIpc) is 2.87. The van der Waals surface area contributed by atoms with Gasteiger partial charge in [-0.15, -0.1) is 11.3 Å². The molecular formula is C18H20N2S. The lowest BCUT2D eigenvalue weighted by molar-refractivity contribution is 0.688. The van der Waals surface area contributed by atoms with Gasteiger partial charge in [-0.05, 0) is 55.2 Å². The summed E-state index contributed by atoms with van der Waals surface area (Å²) in [6.45, 7) is 8.24. The molecule has 0 saturated carbocycles. The molecule has 0 atom stereocenters. The summed E-state index contributed by atoms with van der Waals surface area (Å²) in [5.74, 6) is 0. The fraction of sp³-hybridized carbons (Fsp3) is 0.278. The van der Waals surface area contributed by atoms with Crippen molar-refractivity contribution in [1.29, 1.82) is 0 Å². The van der Waals surface area contributed by atoms with E-state index >= 15 is 0 Å². The van der Waals surface area contributed by atoms with Gasteiger partial charge in [0, 0.05) is 13.1 Å². The quantitative estimate of drug-likeness (QED) is 0.766. The van der Waals surface area contributed by atoms with E-state index in [1.54, 1.807) is 11.3 Å². The Morgan fingerprint density at radius 3 is 2.52 bits per heavy atom. The number of para-hydroxylation sites is 1. The summed E-state index contributed by atoms with van der Waals surface area (Å²) in [6, 6.07) is 12.9. The summed E-state index contributed by atoms with van der Waals surface area (Å²) in [7, 11) is 0. The minimum absolute atomic E-state index is 0.825. The second-order valence-electron chi connectivity index (χ2n) is 5.54. The van der Waals surface area contributed by atoms with Crippen LogP contribution in [0.2, 0.25) is 0 Å². The Balaban J connectivity index is 1.67. The first-order valence-electron chi connectivity index (χ1n) is 7.25. The molecule has 0 unspecified atom stereocenters. The molecule has 0 aliphatic carbocycles. The van der Waals surface area contributed by atoms with Gasteiger partial charge in [-0.3, -0.25) is 0 Å². The summed E-state index contributed by atoms with van der Waals surface area (Å²) < 4.78 is 1.26. The topological polar surface area (TPSA) is 24.9 Å². The fourth-order valence-corrected chi connectivity index (χ4v) is 3.45. The first kappa shape index (κ1) is 14.2. The van der Waals surface area contributed by atoms with E-state index in [0.29, 0.717) is 0 Å². The molecule has 0 aliphatic heterocycles. The van der Waals surface area contributed by atoms with E-state index in [9.17, 15) is 0 Å². The fourth-order valence-electron chi connectivity index (χ4n) is 2.51. The molecular weight excluding hydrogens is 276 g/mol. The van der Waals surface area contributed by atoms with E-state index < -0.39 is 0 Å². The predicted octanol–water partition coefficient (Wildman–Crippen LogP) is 4.51. The maximum absolute atomic E-state index is 4.65. The number of rotatable bonds is 4. The van der Waals surface area contributed by atoms with Crippen LogP contribution < -0.4 is 5.32 Å². The highest BCUT2D eigenvalue weighted by Crippen LogP contribution is 2.21. The van der Waals surface area contributed by atoms with Crippen LogP contribution in [0.25, 0.3) is 10.2 Å². The molecule has 2 nitrogen and oxygen atoms in total. The number of benzene rings is 2. The van der Waals surface area contributed by atoms with E-state index in [2.05, 4.69) is 61.4 Å². The van der Waals surface area contributed by atoms with Crippen LogP contribution >= 0.6 is 11.3 Å². The molecule has 3 aromatic rings. The van der Waals surface area contributed by atoms with E-state index in [-0.39, 0.29) is 0 Å². The highest BCUT2D eigenvalue weighted by Gasteiger charge is 2.04. The van der Waals surface area contributed by atoms with E-state index in [0.717, 1.165) is 23.6 Å². The van der Waals surface area contributed by atoms with Crippen molar-refractivity contribution >= 4 is 21.6 Å². The minimum Gasteiger partial charge on any atom is -0.306 e. The predicted molar refractivity (Wildman–Crippen MR) is 90.8 cm³/mol. The highest BCUT2D eigenvalue weighted by molar-refractivity contribution is 7.18. The minimum atomic E-state index is 0.825.